The quantitative estimate of drug-likeness (QED) is 0.845. The largest absolute Gasteiger partial charge is 0.469 e. The number of rotatable bonds is 4. The minimum atomic E-state index is 0.750. The van der Waals surface area contributed by atoms with Gasteiger partial charge in [0.25, 0.3) is 5.19 Å². The Kier molecular flexibility index (Phi) is 3.78. The Hall–Kier alpha value is -0.130. The molecule has 0 bridgehead atoms. The van der Waals surface area contributed by atoms with Crippen LogP contribution in [-0.2, 0) is 0 Å². The van der Waals surface area contributed by atoms with Crippen molar-refractivity contribution in [1.29, 1.82) is 0 Å². The molecule has 78 valence electrons. The van der Waals surface area contributed by atoms with Crippen molar-refractivity contribution in [3.05, 3.63) is 9.98 Å². The van der Waals surface area contributed by atoms with Gasteiger partial charge in [0.05, 0.1) is 0 Å². The number of halogens is 1. The maximum absolute atomic E-state index is 5.52. The lowest BCUT2D eigenvalue weighted by Gasteiger charge is -2.13. The van der Waals surface area contributed by atoms with Crippen molar-refractivity contribution in [2.75, 3.05) is 26.2 Å². The van der Waals surface area contributed by atoms with Crippen molar-refractivity contribution in [2.24, 2.45) is 0 Å². The number of aromatic nitrogens is 1. The van der Waals surface area contributed by atoms with Gasteiger partial charge in [-0.1, -0.05) is 11.3 Å². The Morgan fingerprint density at radius 3 is 2.93 bits per heavy atom. The Labute approximate surface area is 96.2 Å². The lowest BCUT2D eigenvalue weighted by molar-refractivity contribution is 0.237. The first-order chi connectivity index (χ1) is 6.84. The third-order valence-electron chi connectivity index (χ3n) is 2.29. The van der Waals surface area contributed by atoms with Gasteiger partial charge in [-0.2, -0.15) is 4.98 Å². The van der Waals surface area contributed by atoms with Crippen LogP contribution in [0, 0.1) is 0 Å². The van der Waals surface area contributed by atoms with Gasteiger partial charge in [0.1, 0.15) is 11.2 Å². The lowest BCUT2D eigenvalue weighted by atomic mass is 10.4. The van der Waals surface area contributed by atoms with E-state index in [1.54, 1.807) is 0 Å². The Morgan fingerprint density at radius 1 is 1.50 bits per heavy atom. The first-order valence-electron chi connectivity index (χ1n) is 4.81. The molecule has 0 spiro atoms. The van der Waals surface area contributed by atoms with Crippen LogP contribution in [0.1, 0.15) is 12.8 Å². The molecule has 0 N–H and O–H groups in total. The van der Waals surface area contributed by atoms with E-state index in [-0.39, 0.29) is 0 Å². The number of ether oxygens (including phenoxy) is 1. The van der Waals surface area contributed by atoms with Gasteiger partial charge in [0.15, 0.2) is 0 Å². The molecule has 1 aromatic rings. The summed E-state index contributed by atoms with van der Waals surface area (Å²) in [7, 11) is 0. The van der Waals surface area contributed by atoms with E-state index in [1.165, 1.54) is 37.3 Å². The number of hydrogen-bond acceptors (Lipinski definition) is 4. The highest BCUT2D eigenvalue weighted by molar-refractivity contribution is 9.10. The molecule has 1 saturated heterocycles. The fourth-order valence-electron chi connectivity index (χ4n) is 1.57. The summed E-state index contributed by atoms with van der Waals surface area (Å²) in [6.45, 7) is 4.23. The molecule has 0 aliphatic carbocycles. The van der Waals surface area contributed by atoms with Crippen LogP contribution in [0.4, 0.5) is 0 Å². The van der Waals surface area contributed by atoms with Gasteiger partial charge < -0.3 is 4.74 Å². The first-order valence-corrected chi connectivity index (χ1v) is 6.48. The van der Waals surface area contributed by atoms with Gasteiger partial charge in [-0.15, -0.1) is 0 Å². The molecule has 1 fully saturated rings. The van der Waals surface area contributed by atoms with Crippen molar-refractivity contribution in [3.63, 3.8) is 0 Å². The molecule has 14 heavy (non-hydrogen) atoms. The molecular formula is C9H13BrN2OS. The van der Waals surface area contributed by atoms with Crippen LogP contribution in [0.15, 0.2) is 9.98 Å². The zero-order valence-electron chi connectivity index (χ0n) is 7.91. The molecule has 2 heterocycles. The van der Waals surface area contributed by atoms with E-state index in [9.17, 15) is 0 Å². The predicted molar refractivity (Wildman–Crippen MR) is 61.0 cm³/mol. The van der Waals surface area contributed by atoms with Crippen LogP contribution in [0.5, 0.6) is 5.19 Å². The second-order valence-corrected chi connectivity index (χ2v) is 4.97. The molecule has 0 amide bonds. The van der Waals surface area contributed by atoms with Crippen molar-refractivity contribution >= 4 is 27.3 Å². The summed E-state index contributed by atoms with van der Waals surface area (Å²) in [6.07, 6.45) is 2.67. The molecule has 0 atom stereocenters. The number of likely N-dealkylation sites (tertiary alicyclic amines) is 1. The Bertz CT molecular complexity index is 286. The maximum atomic E-state index is 5.52. The van der Waals surface area contributed by atoms with Gasteiger partial charge in [-0.3, -0.25) is 4.90 Å². The number of thiazole rings is 1. The van der Waals surface area contributed by atoms with E-state index >= 15 is 0 Å². The molecule has 1 aliphatic rings. The highest BCUT2D eigenvalue weighted by atomic mass is 79.9. The summed E-state index contributed by atoms with van der Waals surface area (Å²) in [5, 5.41) is 2.70. The summed E-state index contributed by atoms with van der Waals surface area (Å²) in [5.41, 5.74) is 0. The zero-order valence-corrected chi connectivity index (χ0v) is 10.3. The lowest BCUT2D eigenvalue weighted by Crippen LogP contribution is -2.24. The first kappa shape index (κ1) is 10.4. The normalized spacial score (nSPS) is 17.5. The smallest absolute Gasteiger partial charge is 0.274 e. The number of nitrogens with zero attached hydrogens (tertiary/aromatic N) is 2. The zero-order chi connectivity index (χ0) is 9.80. The SMILES string of the molecule is Brc1csc(OCCN2CCCC2)n1. The van der Waals surface area contributed by atoms with Crippen LogP contribution >= 0.6 is 27.3 Å². The van der Waals surface area contributed by atoms with E-state index in [4.69, 9.17) is 4.74 Å². The third kappa shape index (κ3) is 2.93. The van der Waals surface area contributed by atoms with Crippen LogP contribution < -0.4 is 4.74 Å². The van der Waals surface area contributed by atoms with Crippen LogP contribution in [0.2, 0.25) is 0 Å². The molecule has 1 aliphatic heterocycles. The Morgan fingerprint density at radius 2 is 2.29 bits per heavy atom. The highest BCUT2D eigenvalue weighted by Crippen LogP contribution is 2.21. The summed E-state index contributed by atoms with van der Waals surface area (Å²) in [6, 6.07) is 0. The average Bonchev–Trinajstić information content (AvgIpc) is 2.77. The highest BCUT2D eigenvalue weighted by Gasteiger charge is 2.11. The van der Waals surface area contributed by atoms with Gasteiger partial charge in [0, 0.05) is 11.9 Å². The van der Waals surface area contributed by atoms with Crippen LogP contribution in [0.3, 0.4) is 0 Å². The maximum Gasteiger partial charge on any atom is 0.274 e. The molecule has 0 aromatic carbocycles. The topological polar surface area (TPSA) is 25.4 Å². The van der Waals surface area contributed by atoms with E-state index in [0.29, 0.717) is 0 Å². The minimum Gasteiger partial charge on any atom is -0.469 e. The van der Waals surface area contributed by atoms with E-state index in [1.807, 2.05) is 5.38 Å². The predicted octanol–water partition coefficient (Wildman–Crippen LogP) is 2.38. The standard InChI is InChI=1S/C9H13BrN2OS/c10-8-7-14-9(11-8)13-6-5-12-3-1-2-4-12/h7H,1-6H2. The molecule has 2 rings (SSSR count). The second kappa shape index (κ2) is 5.09. The fourth-order valence-corrected chi connectivity index (χ4v) is 2.69. The second-order valence-electron chi connectivity index (χ2n) is 3.33. The molecule has 0 unspecified atom stereocenters. The molecule has 5 heteroatoms. The van der Waals surface area contributed by atoms with Gasteiger partial charge in [0.2, 0.25) is 0 Å². The summed E-state index contributed by atoms with van der Waals surface area (Å²) in [4.78, 5) is 6.60. The molecule has 0 radical (unpaired) electrons. The van der Waals surface area contributed by atoms with Crippen molar-refractivity contribution < 1.29 is 4.74 Å². The van der Waals surface area contributed by atoms with Gasteiger partial charge >= 0.3 is 0 Å². The minimum absolute atomic E-state index is 0.750. The Balaban J connectivity index is 1.67. The fraction of sp³-hybridized carbons (Fsp3) is 0.667. The van der Waals surface area contributed by atoms with Crippen molar-refractivity contribution in [2.45, 2.75) is 12.8 Å². The van der Waals surface area contributed by atoms with Crippen molar-refractivity contribution in [1.82, 2.24) is 9.88 Å². The molecular weight excluding hydrogens is 264 g/mol. The summed E-state index contributed by atoms with van der Waals surface area (Å²) >= 11 is 4.83. The van der Waals surface area contributed by atoms with Crippen molar-refractivity contribution in [3.8, 4) is 5.19 Å². The van der Waals surface area contributed by atoms with Gasteiger partial charge in [-0.05, 0) is 41.9 Å². The van der Waals surface area contributed by atoms with E-state index < -0.39 is 0 Å². The molecule has 3 nitrogen and oxygen atoms in total. The summed E-state index contributed by atoms with van der Waals surface area (Å²) < 4.78 is 6.38. The van der Waals surface area contributed by atoms with E-state index in [2.05, 4.69) is 25.8 Å². The van der Waals surface area contributed by atoms with E-state index in [0.717, 1.165) is 22.9 Å². The third-order valence-corrected chi connectivity index (χ3v) is 3.75. The monoisotopic (exact) mass is 276 g/mol. The molecule has 1 aromatic heterocycles. The number of hydrogen-bond donors (Lipinski definition) is 0. The van der Waals surface area contributed by atoms with Crippen LogP contribution in [-0.4, -0.2) is 36.1 Å². The van der Waals surface area contributed by atoms with Crippen LogP contribution in [0.25, 0.3) is 0 Å². The summed E-state index contributed by atoms with van der Waals surface area (Å²) in [5.74, 6) is 0. The van der Waals surface area contributed by atoms with Gasteiger partial charge in [-0.25, -0.2) is 0 Å². The average molecular weight is 277 g/mol. The molecule has 0 saturated carbocycles.